The van der Waals surface area contributed by atoms with Gasteiger partial charge >= 0.3 is 6.03 Å². The van der Waals surface area contributed by atoms with Gasteiger partial charge in [-0.05, 0) is 55.5 Å². The van der Waals surface area contributed by atoms with Crippen LogP contribution in [0.15, 0.2) is 58.3 Å². The second-order valence-electron chi connectivity index (χ2n) is 7.49. The fourth-order valence-electron chi connectivity index (χ4n) is 2.88. The summed E-state index contributed by atoms with van der Waals surface area (Å²) >= 11 is 2.12. The van der Waals surface area contributed by atoms with Crippen LogP contribution >= 0.6 is 22.7 Å². The summed E-state index contributed by atoms with van der Waals surface area (Å²) in [5, 5.41) is 31.1. The van der Waals surface area contributed by atoms with Crippen LogP contribution in [0.4, 0.5) is 20.7 Å². The van der Waals surface area contributed by atoms with Crippen LogP contribution in [0, 0.1) is 6.92 Å². The predicted molar refractivity (Wildman–Crippen MR) is 141 cm³/mol. The summed E-state index contributed by atoms with van der Waals surface area (Å²) in [6, 6.07) is 10.1. The molecule has 0 fully saturated rings. The molecule has 2 aromatic carbocycles. The third-order valence-electron chi connectivity index (χ3n) is 4.63. The zero-order chi connectivity index (χ0) is 27.3. The molecular formula is C20H20N8O6S4. The number of carbonyl (C=O) groups is 1. The molecule has 0 atom stereocenters. The van der Waals surface area contributed by atoms with Gasteiger partial charge < -0.3 is 15.7 Å². The lowest BCUT2D eigenvalue weighted by atomic mass is 10.3. The van der Waals surface area contributed by atoms with Gasteiger partial charge in [-0.15, -0.1) is 20.4 Å². The molecule has 0 saturated heterocycles. The minimum atomic E-state index is -3.89. The number of phenolic OH excluding ortho intramolecular Hbond substituents is 1. The summed E-state index contributed by atoms with van der Waals surface area (Å²) in [7, 11) is -7.74. The van der Waals surface area contributed by atoms with E-state index in [0.717, 1.165) is 22.7 Å². The van der Waals surface area contributed by atoms with Crippen molar-refractivity contribution in [1.29, 1.82) is 0 Å². The first-order chi connectivity index (χ1) is 18.0. The number of urea groups is 1. The molecule has 0 aliphatic rings. The lowest BCUT2D eigenvalue weighted by Crippen LogP contribution is -2.30. The van der Waals surface area contributed by atoms with E-state index in [1.807, 2.05) is 0 Å². The first-order valence-corrected chi connectivity index (χ1v) is 15.2. The molecule has 0 spiro atoms. The van der Waals surface area contributed by atoms with E-state index in [-0.39, 0.29) is 32.3 Å². The predicted octanol–water partition coefficient (Wildman–Crippen LogP) is 2.37. The molecule has 0 saturated carbocycles. The number of amides is 2. The average Bonchev–Trinajstić information content (AvgIpc) is 3.47. The third-order valence-corrected chi connectivity index (χ3v) is 9.25. The van der Waals surface area contributed by atoms with E-state index in [0.29, 0.717) is 22.1 Å². The molecular weight excluding hydrogens is 577 g/mol. The van der Waals surface area contributed by atoms with Crippen molar-refractivity contribution >= 4 is 64.7 Å². The molecule has 2 heterocycles. The maximum atomic E-state index is 12.5. The Bertz CT molecular complexity index is 1640. The molecule has 0 bridgehead atoms. The van der Waals surface area contributed by atoms with E-state index >= 15 is 0 Å². The van der Waals surface area contributed by atoms with Gasteiger partial charge in [0, 0.05) is 18.7 Å². The number of nitrogens with one attached hydrogen (secondary N) is 4. The Balaban J connectivity index is 1.24. The van der Waals surface area contributed by atoms with Crippen molar-refractivity contribution < 1.29 is 26.7 Å². The number of sulfonamides is 2. The Morgan fingerprint density at radius 1 is 0.816 bits per heavy atom. The van der Waals surface area contributed by atoms with Gasteiger partial charge in [-0.3, -0.25) is 9.44 Å². The maximum Gasteiger partial charge on any atom is 0.319 e. The number of nitrogens with zero attached hydrogens (tertiary/aromatic N) is 4. The summed E-state index contributed by atoms with van der Waals surface area (Å²) in [4.78, 5) is 12.1. The highest BCUT2D eigenvalue weighted by Gasteiger charge is 2.18. The van der Waals surface area contributed by atoms with Crippen LogP contribution in [0.25, 0.3) is 0 Å². The zero-order valence-corrected chi connectivity index (χ0v) is 22.7. The number of anilines is 3. The number of benzene rings is 2. The van der Waals surface area contributed by atoms with Gasteiger partial charge in [-0.1, -0.05) is 22.7 Å². The van der Waals surface area contributed by atoms with E-state index in [4.69, 9.17) is 0 Å². The highest BCUT2D eigenvalue weighted by atomic mass is 32.2. The number of phenols is 1. The molecule has 5 N–H and O–H groups in total. The molecule has 4 rings (SSSR count). The van der Waals surface area contributed by atoms with Crippen LogP contribution in [-0.2, 0) is 26.5 Å². The SMILES string of the molecule is Cc1nnc(NS(=O)(=O)c2ccc(NC(=O)NCCc3nnc(NS(=O)(=O)c4ccc(O)cc4)s3)cc2)s1. The molecule has 2 aromatic heterocycles. The van der Waals surface area contributed by atoms with Crippen molar-refractivity contribution in [2.24, 2.45) is 0 Å². The van der Waals surface area contributed by atoms with Crippen LogP contribution in [-0.4, -0.2) is 54.9 Å². The number of aryl methyl sites for hydroxylation is 1. The van der Waals surface area contributed by atoms with Crippen LogP contribution < -0.4 is 20.1 Å². The first kappa shape index (κ1) is 27.2. The molecule has 200 valence electrons. The normalized spacial score (nSPS) is 11.6. The molecule has 18 heteroatoms. The smallest absolute Gasteiger partial charge is 0.319 e. The summed E-state index contributed by atoms with van der Waals surface area (Å²) in [6.45, 7) is 1.89. The van der Waals surface area contributed by atoms with Gasteiger partial charge in [-0.2, -0.15) is 0 Å². The Kier molecular flexibility index (Phi) is 8.05. The van der Waals surface area contributed by atoms with E-state index < -0.39 is 26.1 Å². The van der Waals surface area contributed by atoms with Crippen LogP contribution in [0.3, 0.4) is 0 Å². The maximum absolute atomic E-state index is 12.5. The van der Waals surface area contributed by atoms with E-state index in [9.17, 15) is 26.7 Å². The Labute approximate surface area is 225 Å². The zero-order valence-electron chi connectivity index (χ0n) is 19.4. The standard InChI is InChI=1S/C20H20N8O6S4/c1-12-23-25-19(35-12)27-37(31,32)15-6-2-13(3-7-15)22-18(30)21-11-10-17-24-26-20(36-17)28-38(33,34)16-8-4-14(29)5-9-16/h2-9,29H,10-11H2,1H3,(H,25,27)(H,26,28)(H2,21,22,30). The summed E-state index contributed by atoms with van der Waals surface area (Å²) in [6.07, 6.45) is 0.292. The highest BCUT2D eigenvalue weighted by molar-refractivity contribution is 7.93. The van der Waals surface area contributed by atoms with Gasteiger partial charge in [0.25, 0.3) is 20.0 Å². The Morgan fingerprint density at radius 2 is 1.37 bits per heavy atom. The largest absolute Gasteiger partial charge is 0.508 e. The lowest BCUT2D eigenvalue weighted by molar-refractivity contribution is 0.252. The van der Waals surface area contributed by atoms with Gasteiger partial charge in [-0.25, -0.2) is 21.6 Å². The Morgan fingerprint density at radius 3 is 1.95 bits per heavy atom. The summed E-state index contributed by atoms with van der Waals surface area (Å²) in [5.74, 6) is -0.0587. The summed E-state index contributed by atoms with van der Waals surface area (Å²) < 4.78 is 54.4. The number of hydrogen-bond donors (Lipinski definition) is 5. The molecule has 14 nitrogen and oxygen atoms in total. The van der Waals surface area contributed by atoms with Crippen molar-refractivity contribution in [3.05, 3.63) is 58.5 Å². The monoisotopic (exact) mass is 596 g/mol. The van der Waals surface area contributed by atoms with Crippen LogP contribution in [0.2, 0.25) is 0 Å². The fourth-order valence-corrected chi connectivity index (χ4v) is 6.67. The number of hydrogen-bond acceptors (Lipinski definition) is 12. The minimum Gasteiger partial charge on any atom is -0.508 e. The van der Waals surface area contributed by atoms with Crippen molar-refractivity contribution in [1.82, 2.24) is 25.7 Å². The van der Waals surface area contributed by atoms with Gasteiger partial charge in [0.05, 0.1) is 9.79 Å². The van der Waals surface area contributed by atoms with E-state index in [2.05, 4.69) is 40.5 Å². The van der Waals surface area contributed by atoms with Crippen LogP contribution in [0.5, 0.6) is 5.75 Å². The molecule has 38 heavy (non-hydrogen) atoms. The first-order valence-electron chi connectivity index (χ1n) is 10.6. The van der Waals surface area contributed by atoms with Gasteiger partial charge in [0.15, 0.2) is 0 Å². The average molecular weight is 597 g/mol. The number of aromatic nitrogens is 4. The number of carbonyl (C=O) groups excluding carboxylic acids is 1. The van der Waals surface area contributed by atoms with E-state index in [1.54, 1.807) is 6.92 Å². The molecule has 0 radical (unpaired) electrons. The van der Waals surface area contributed by atoms with E-state index in [1.165, 1.54) is 48.5 Å². The van der Waals surface area contributed by atoms with Crippen molar-refractivity contribution in [2.45, 2.75) is 23.1 Å². The fraction of sp³-hybridized carbons (Fsp3) is 0.150. The molecule has 0 unspecified atom stereocenters. The summed E-state index contributed by atoms with van der Waals surface area (Å²) in [5.41, 5.74) is 0.370. The molecule has 0 aliphatic heterocycles. The number of aromatic hydroxyl groups is 1. The van der Waals surface area contributed by atoms with Crippen molar-refractivity contribution in [2.75, 3.05) is 21.3 Å². The Hall–Kier alpha value is -3.87. The highest BCUT2D eigenvalue weighted by Crippen LogP contribution is 2.22. The van der Waals surface area contributed by atoms with Crippen LogP contribution in [0.1, 0.15) is 10.0 Å². The van der Waals surface area contributed by atoms with Crippen molar-refractivity contribution in [3.63, 3.8) is 0 Å². The van der Waals surface area contributed by atoms with Gasteiger partial charge in [0.2, 0.25) is 10.3 Å². The minimum absolute atomic E-state index is 0.00980. The molecule has 0 aliphatic carbocycles. The topological polar surface area (TPSA) is 205 Å². The third kappa shape index (κ3) is 7.12. The lowest BCUT2D eigenvalue weighted by Gasteiger charge is -2.08. The molecule has 2 amide bonds. The van der Waals surface area contributed by atoms with Crippen molar-refractivity contribution in [3.8, 4) is 5.75 Å². The van der Waals surface area contributed by atoms with Gasteiger partial charge in [0.1, 0.15) is 15.8 Å². The molecule has 4 aromatic rings. The number of rotatable bonds is 10. The quantitative estimate of drug-likeness (QED) is 0.181. The second kappa shape index (κ2) is 11.3. The second-order valence-corrected chi connectivity index (χ2v) is 13.1.